The van der Waals surface area contributed by atoms with E-state index in [0.29, 0.717) is 17.5 Å². The van der Waals surface area contributed by atoms with Crippen molar-refractivity contribution in [1.82, 2.24) is 0 Å². The van der Waals surface area contributed by atoms with Crippen LogP contribution in [-0.2, 0) is 74.4 Å². The van der Waals surface area contributed by atoms with E-state index in [4.69, 9.17) is 59.3 Å². The Bertz CT molecular complexity index is 1540. The summed E-state index contributed by atoms with van der Waals surface area (Å²) < 4.78 is 59.0. The van der Waals surface area contributed by atoms with Crippen LogP contribution < -0.4 is 0 Å². The summed E-state index contributed by atoms with van der Waals surface area (Å²) >= 11 is 0.473. The molecule has 4 rings (SSSR count). The first-order valence-electron chi connectivity index (χ1n) is 16.0. The number of benzene rings is 2. The molecule has 1 N–H and O–H groups in total. The van der Waals surface area contributed by atoms with E-state index in [2.05, 4.69) is 10.0 Å². The van der Waals surface area contributed by atoms with Crippen molar-refractivity contribution in [3.63, 3.8) is 0 Å². The van der Waals surface area contributed by atoms with Crippen molar-refractivity contribution < 1.29 is 61.2 Å². The van der Waals surface area contributed by atoms with Gasteiger partial charge in [-0.1, -0.05) is 77.7 Å². The van der Waals surface area contributed by atoms with Crippen LogP contribution in [0.15, 0.2) is 65.8 Å². The highest BCUT2D eigenvalue weighted by atomic mass is 32.2. The molecule has 0 bridgehead atoms. The summed E-state index contributed by atoms with van der Waals surface area (Å²) in [6.07, 6.45) is -12.5. The van der Waals surface area contributed by atoms with Gasteiger partial charge in [-0.2, -0.15) is 0 Å². The molecular formula is C33H39BN4O13S. The smallest absolute Gasteiger partial charge is 0.305 e. The molecule has 2 radical (unpaired) electrons. The normalized spacial score (nSPS) is 28.5. The lowest BCUT2D eigenvalue weighted by Crippen LogP contribution is -2.66. The summed E-state index contributed by atoms with van der Waals surface area (Å²) in [7, 11) is 5.68. The number of carbonyl (C=O) groups excluding carboxylic acids is 3. The largest absolute Gasteiger partial charge is 0.459 e. The average Bonchev–Trinajstić information content (AvgIpc) is 3.09. The van der Waals surface area contributed by atoms with Crippen molar-refractivity contribution in [3.05, 3.63) is 82.2 Å². The van der Waals surface area contributed by atoms with Crippen LogP contribution in [0.25, 0.3) is 10.4 Å². The molecule has 2 aromatic carbocycles. The molecule has 10 unspecified atom stereocenters. The SMILES string of the molecule is [B]SOC1C(COCc2ccccc2)OC(OC2C(OC(C)=O)OC(OC(C)=N)C(OC(C)=O)C2OCc2ccccc2)C(N=[N+]=[N-])C1OC(C)=O. The Hall–Kier alpha value is -4.20. The van der Waals surface area contributed by atoms with Gasteiger partial charge in [-0.05, 0) is 16.7 Å². The number of ether oxygens (including phenoxy) is 9. The maximum absolute atomic E-state index is 12.4. The molecule has 19 heteroatoms. The van der Waals surface area contributed by atoms with Crippen LogP contribution in [0, 0.1) is 5.41 Å². The standard InChI is InChI=1S/C33H39BN4O13S/c1-18(35)44-32-29(46-20(3)40)28(43-16-23-13-9-6-10-14-23)30(33(50-32)47-21(4)41)49-31-25(37-38-36)27(45-19(2)39)26(51-52-34)24(48-31)17-42-15-22-11-7-5-8-12-22/h5-14,24-33,35H,15-17H2,1-4H3. The van der Waals surface area contributed by atoms with Gasteiger partial charge >= 0.3 is 17.9 Å². The van der Waals surface area contributed by atoms with Gasteiger partial charge in [0.05, 0.1) is 19.8 Å². The minimum atomic E-state index is -1.63. The summed E-state index contributed by atoms with van der Waals surface area (Å²) in [5.74, 6) is -2.61. The Morgan fingerprint density at radius 2 is 1.35 bits per heavy atom. The molecule has 17 nitrogen and oxygen atoms in total. The van der Waals surface area contributed by atoms with Gasteiger partial charge in [-0.3, -0.25) is 24.5 Å². The lowest BCUT2D eigenvalue weighted by Gasteiger charge is -2.48. The predicted molar refractivity (Wildman–Crippen MR) is 182 cm³/mol. The third kappa shape index (κ3) is 11.7. The molecule has 0 aromatic heterocycles. The monoisotopic (exact) mass is 742 g/mol. The van der Waals surface area contributed by atoms with Crippen LogP contribution in [0.3, 0.4) is 0 Å². The highest BCUT2D eigenvalue weighted by Gasteiger charge is 2.56. The number of esters is 3. The number of nitrogens with zero attached hydrogens (tertiary/aromatic N) is 3. The Balaban J connectivity index is 1.76. The highest BCUT2D eigenvalue weighted by Crippen LogP contribution is 2.36. The molecule has 2 heterocycles. The van der Waals surface area contributed by atoms with Gasteiger partial charge in [0, 0.05) is 32.6 Å². The number of rotatable bonds is 16. The zero-order valence-corrected chi connectivity index (χ0v) is 29.6. The summed E-state index contributed by atoms with van der Waals surface area (Å²) in [5.41, 5.74) is 11.2. The first-order chi connectivity index (χ1) is 25.0. The third-order valence-corrected chi connectivity index (χ3v) is 7.90. The van der Waals surface area contributed by atoms with Crippen LogP contribution in [-0.4, -0.2) is 99.1 Å². The van der Waals surface area contributed by atoms with E-state index in [1.165, 1.54) is 6.92 Å². The quantitative estimate of drug-likeness (QED) is 0.0298. The van der Waals surface area contributed by atoms with Crippen molar-refractivity contribution in [1.29, 1.82) is 5.41 Å². The molecule has 52 heavy (non-hydrogen) atoms. The Morgan fingerprint density at radius 3 is 1.90 bits per heavy atom. The highest BCUT2D eigenvalue weighted by molar-refractivity contribution is 8.15. The van der Waals surface area contributed by atoms with Crippen molar-refractivity contribution in [2.75, 3.05) is 6.61 Å². The maximum Gasteiger partial charge on any atom is 0.305 e. The number of hydrogen-bond acceptors (Lipinski definition) is 16. The Morgan fingerprint density at radius 1 is 0.769 bits per heavy atom. The van der Waals surface area contributed by atoms with Gasteiger partial charge in [0.1, 0.15) is 30.5 Å². The lowest BCUT2D eigenvalue weighted by atomic mass is 9.96. The molecule has 0 amide bonds. The summed E-state index contributed by atoms with van der Waals surface area (Å²) in [6.45, 7) is 4.72. The van der Waals surface area contributed by atoms with Crippen LogP contribution in [0.2, 0.25) is 0 Å². The molecule has 0 aliphatic carbocycles. The molecule has 10 atom stereocenters. The molecule has 0 saturated carbocycles. The Kier molecular flexibility index (Phi) is 15.7. The van der Waals surface area contributed by atoms with E-state index >= 15 is 0 Å². The van der Waals surface area contributed by atoms with Crippen LogP contribution in [0.4, 0.5) is 0 Å². The average molecular weight is 743 g/mol. The zero-order chi connectivity index (χ0) is 37.6. The van der Waals surface area contributed by atoms with Gasteiger partial charge in [0.15, 0.2) is 24.4 Å². The van der Waals surface area contributed by atoms with Crippen LogP contribution in [0.5, 0.6) is 0 Å². The third-order valence-electron chi connectivity index (χ3n) is 7.57. The molecule has 2 aliphatic rings. The van der Waals surface area contributed by atoms with E-state index in [9.17, 15) is 19.9 Å². The number of azide groups is 1. The van der Waals surface area contributed by atoms with E-state index < -0.39 is 79.4 Å². The maximum atomic E-state index is 12.4. The predicted octanol–water partition coefficient (Wildman–Crippen LogP) is 3.82. The van der Waals surface area contributed by atoms with Gasteiger partial charge in [0.25, 0.3) is 0 Å². The van der Waals surface area contributed by atoms with Crippen molar-refractivity contribution in [2.45, 2.75) is 102 Å². The molecule has 2 fully saturated rings. The second-order valence-corrected chi connectivity index (χ2v) is 11.9. The first kappa shape index (κ1) is 40.6. The number of carbonyl (C=O) groups is 3. The summed E-state index contributed by atoms with van der Waals surface area (Å²) in [4.78, 5) is 40.1. The summed E-state index contributed by atoms with van der Waals surface area (Å²) in [6, 6.07) is 16.8. The summed E-state index contributed by atoms with van der Waals surface area (Å²) in [5, 5.41) is 11.8. The zero-order valence-electron chi connectivity index (χ0n) is 28.8. The van der Waals surface area contributed by atoms with Crippen LogP contribution >= 0.6 is 11.9 Å². The lowest BCUT2D eigenvalue weighted by molar-refractivity contribution is -0.371. The van der Waals surface area contributed by atoms with E-state index in [1.54, 1.807) is 24.3 Å². The van der Waals surface area contributed by atoms with Gasteiger partial charge < -0.3 is 42.1 Å². The second kappa shape index (κ2) is 20.2. The van der Waals surface area contributed by atoms with Gasteiger partial charge in [-0.15, -0.1) is 0 Å². The Labute approximate surface area is 305 Å². The number of nitrogens with one attached hydrogen (secondary N) is 1. The fourth-order valence-corrected chi connectivity index (χ4v) is 5.93. The van der Waals surface area contributed by atoms with Gasteiger partial charge in [-0.25, -0.2) is 0 Å². The minimum absolute atomic E-state index is 0.0623. The van der Waals surface area contributed by atoms with Crippen molar-refractivity contribution >= 4 is 42.8 Å². The molecular weight excluding hydrogens is 703 g/mol. The topological polar surface area (TPSA) is 216 Å². The first-order valence-corrected chi connectivity index (χ1v) is 16.8. The van der Waals surface area contributed by atoms with Gasteiger partial charge in [0.2, 0.25) is 19.7 Å². The molecule has 278 valence electrons. The fourth-order valence-electron chi connectivity index (χ4n) is 5.57. The van der Waals surface area contributed by atoms with Crippen molar-refractivity contribution in [3.8, 4) is 0 Å². The van der Waals surface area contributed by atoms with E-state index in [-0.39, 0.29) is 25.7 Å². The molecule has 2 aliphatic heterocycles. The van der Waals surface area contributed by atoms with E-state index in [0.717, 1.165) is 26.3 Å². The van der Waals surface area contributed by atoms with Crippen molar-refractivity contribution in [2.24, 2.45) is 5.11 Å². The fraction of sp³-hybridized carbons (Fsp3) is 0.515. The molecule has 2 saturated heterocycles. The number of hydrogen-bond donors (Lipinski definition) is 1. The van der Waals surface area contributed by atoms with Crippen LogP contribution in [0.1, 0.15) is 38.8 Å². The molecule has 2 aromatic rings. The minimum Gasteiger partial charge on any atom is -0.459 e. The van der Waals surface area contributed by atoms with E-state index in [1.807, 2.05) is 36.4 Å². The second-order valence-electron chi connectivity index (χ2n) is 11.6. The molecule has 0 spiro atoms.